The van der Waals surface area contributed by atoms with Crippen LogP contribution in [0.15, 0.2) is 18.2 Å². The number of nitrogens with one attached hydrogen (secondary N) is 2. The summed E-state index contributed by atoms with van der Waals surface area (Å²) in [5.74, 6) is 0.951. The van der Waals surface area contributed by atoms with Gasteiger partial charge < -0.3 is 5.32 Å². The lowest BCUT2D eigenvalue weighted by atomic mass is 10.2. The number of benzene rings is 1. The van der Waals surface area contributed by atoms with Gasteiger partial charge in [0.05, 0.1) is 10.5 Å². The Hall–Kier alpha value is -1.55. The van der Waals surface area contributed by atoms with Gasteiger partial charge in [-0.05, 0) is 12.1 Å². The van der Waals surface area contributed by atoms with E-state index in [2.05, 4.69) is 10.3 Å². The first-order valence-electron chi connectivity index (χ1n) is 4.75. The molecule has 0 saturated carbocycles. The molecule has 5 heteroatoms. The fourth-order valence-electron chi connectivity index (χ4n) is 1.93. The van der Waals surface area contributed by atoms with Crippen molar-refractivity contribution >= 4 is 28.3 Å². The second-order valence-corrected chi connectivity index (χ2v) is 3.91. The summed E-state index contributed by atoms with van der Waals surface area (Å²) in [4.78, 5) is 4.20. The third kappa shape index (κ3) is 1.15. The van der Waals surface area contributed by atoms with Crippen LogP contribution >= 0.6 is 11.6 Å². The summed E-state index contributed by atoms with van der Waals surface area (Å²) in [7, 11) is 0. The molecule has 1 aliphatic heterocycles. The highest BCUT2D eigenvalue weighted by Gasteiger charge is 2.15. The largest absolute Gasteiger partial charge is 0.369 e. The maximum atomic E-state index is 7.78. The normalized spacial score (nSPS) is 13.9. The quantitative estimate of drug-likeness (QED) is 0.709. The van der Waals surface area contributed by atoms with Crippen molar-refractivity contribution in [1.82, 2.24) is 9.55 Å². The zero-order valence-corrected chi connectivity index (χ0v) is 8.67. The summed E-state index contributed by atoms with van der Waals surface area (Å²) in [6.45, 7) is 1.64. The number of fused-ring (bicyclic) bond motifs is 3. The van der Waals surface area contributed by atoms with Crippen molar-refractivity contribution < 1.29 is 0 Å². The Morgan fingerprint density at radius 2 is 2.33 bits per heavy atom. The first-order valence-corrected chi connectivity index (χ1v) is 5.13. The van der Waals surface area contributed by atoms with Gasteiger partial charge in [-0.25, -0.2) is 4.98 Å². The molecule has 0 radical (unpaired) electrons. The van der Waals surface area contributed by atoms with Crippen LogP contribution in [0, 0.1) is 5.41 Å². The van der Waals surface area contributed by atoms with Gasteiger partial charge in [0, 0.05) is 18.5 Å². The summed E-state index contributed by atoms with van der Waals surface area (Å²) >= 11 is 6.05. The van der Waals surface area contributed by atoms with Crippen molar-refractivity contribution in [1.29, 1.82) is 5.41 Å². The third-order valence-corrected chi connectivity index (χ3v) is 2.92. The lowest BCUT2D eigenvalue weighted by Crippen LogP contribution is -2.21. The van der Waals surface area contributed by atoms with Crippen LogP contribution in [0.25, 0.3) is 10.9 Å². The minimum absolute atomic E-state index is 0.260. The zero-order chi connectivity index (χ0) is 10.4. The van der Waals surface area contributed by atoms with E-state index in [-0.39, 0.29) is 5.62 Å². The van der Waals surface area contributed by atoms with Crippen LogP contribution in [0.1, 0.15) is 0 Å². The molecule has 0 saturated heterocycles. The van der Waals surface area contributed by atoms with Crippen molar-refractivity contribution in [3.05, 3.63) is 28.8 Å². The van der Waals surface area contributed by atoms with E-state index in [1.54, 1.807) is 6.07 Å². The highest BCUT2D eigenvalue weighted by molar-refractivity contribution is 6.35. The molecule has 1 aliphatic rings. The van der Waals surface area contributed by atoms with Gasteiger partial charge in [0.2, 0.25) is 5.62 Å². The van der Waals surface area contributed by atoms with Crippen LogP contribution in [-0.4, -0.2) is 16.1 Å². The first kappa shape index (κ1) is 8.73. The number of hydrogen-bond acceptors (Lipinski definition) is 3. The van der Waals surface area contributed by atoms with Crippen LogP contribution < -0.4 is 10.9 Å². The van der Waals surface area contributed by atoms with E-state index in [0.717, 1.165) is 24.3 Å². The topological polar surface area (TPSA) is 53.7 Å². The van der Waals surface area contributed by atoms with Gasteiger partial charge in [-0.15, -0.1) is 0 Å². The van der Waals surface area contributed by atoms with E-state index in [0.29, 0.717) is 10.5 Å². The number of rotatable bonds is 0. The highest BCUT2D eigenvalue weighted by Crippen LogP contribution is 2.27. The lowest BCUT2D eigenvalue weighted by molar-refractivity contribution is 0.717. The van der Waals surface area contributed by atoms with Crippen LogP contribution in [0.3, 0.4) is 0 Å². The number of aromatic nitrogens is 2. The van der Waals surface area contributed by atoms with Gasteiger partial charge in [-0.2, -0.15) is 0 Å². The average Bonchev–Trinajstić information content (AvgIpc) is 2.69. The molecule has 2 N–H and O–H groups in total. The molecule has 3 rings (SSSR count). The lowest BCUT2D eigenvalue weighted by Gasteiger charge is -2.07. The Bertz CT molecular complexity index is 602. The average molecular weight is 221 g/mol. The van der Waals surface area contributed by atoms with E-state index in [1.807, 2.05) is 16.7 Å². The van der Waals surface area contributed by atoms with Crippen molar-refractivity contribution in [3.8, 4) is 0 Å². The Morgan fingerprint density at radius 3 is 3.20 bits per heavy atom. The molecule has 1 aromatic heterocycles. The second-order valence-electron chi connectivity index (χ2n) is 3.50. The minimum atomic E-state index is 0.260. The van der Waals surface area contributed by atoms with Gasteiger partial charge in [0.1, 0.15) is 5.82 Å². The van der Waals surface area contributed by atoms with E-state index in [4.69, 9.17) is 17.0 Å². The summed E-state index contributed by atoms with van der Waals surface area (Å²) < 4.78 is 1.86. The molecule has 1 aromatic carbocycles. The molecule has 76 valence electrons. The molecule has 0 bridgehead atoms. The molecular weight excluding hydrogens is 212 g/mol. The van der Waals surface area contributed by atoms with Crippen molar-refractivity contribution in [2.45, 2.75) is 6.54 Å². The number of hydrogen-bond donors (Lipinski definition) is 2. The first-order chi connectivity index (χ1) is 7.27. The zero-order valence-electron chi connectivity index (χ0n) is 7.92. The van der Waals surface area contributed by atoms with Gasteiger partial charge in [0.25, 0.3) is 0 Å². The second kappa shape index (κ2) is 2.97. The molecule has 0 amide bonds. The maximum absolute atomic E-state index is 7.78. The van der Waals surface area contributed by atoms with Crippen molar-refractivity contribution in [3.63, 3.8) is 0 Å². The predicted octanol–water partition coefficient (Wildman–Crippen LogP) is 1.59. The van der Waals surface area contributed by atoms with E-state index in [9.17, 15) is 0 Å². The van der Waals surface area contributed by atoms with Crippen LogP contribution in [0.2, 0.25) is 5.02 Å². The molecule has 4 nitrogen and oxygen atoms in total. The molecule has 0 atom stereocenters. The van der Waals surface area contributed by atoms with E-state index in [1.165, 1.54) is 0 Å². The van der Waals surface area contributed by atoms with E-state index < -0.39 is 0 Å². The predicted molar refractivity (Wildman–Crippen MR) is 59.1 cm³/mol. The number of halogens is 1. The number of anilines is 1. The molecule has 15 heavy (non-hydrogen) atoms. The summed E-state index contributed by atoms with van der Waals surface area (Å²) in [6, 6.07) is 5.66. The van der Waals surface area contributed by atoms with Crippen molar-refractivity contribution in [2.75, 3.05) is 11.9 Å². The fraction of sp³-hybridized carbons (Fsp3) is 0.200. The highest BCUT2D eigenvalue weighted by atomic mass is 35.5. The van der Waals surface area contributed by atoms with Gasteiger partial charge in [-0.3, -0.25) is 9.98 Å². The van der Waals surface area contributed by atoms with Crippen LogP contribution in [0.5, 0.6) is 0 Å². The molecule has 0 unspecified atom stereocenters. The molecular formula is C10H9ClN4. The van der Waals surface area contributed by atoms with E-state index >= 15 is 0 Å². The molecule has 0 spiro atoms. The minimum Gasteiger partial charge on any atom is -0.369 e. The fourth-order valence-corrected chi connectivity index (χ4v) is 2.15. The maximum Gasteiger partial charge on any atom is 0.224 e. The summed E-state index contributed by atoms with van der Waals surface area (Å²) in [5.41, 5.74) is 0.959. The van der Waals surface area contributed by atoms with Crippen LogP contribution in [-0.2, 0) is 6.54 Å². The molecule has 2 aromatic rings. The Balaban J connectivity index is 2.54. The van der Waals surface area contributed by atoms with Gasteiger partial charge in [-0.1, -0.05) is 17.7 Å². The Morgan fingerprint density at radius 1 is 1.47 bits per heavy atom. The summed E-state index contributed by atoms with van der Waals surface area (Å²) in [6.07, 6.45) is 0. The van der Waals surface area contributed by atoms with Crippen LogP contribution in [0.4, 0.5) is 5.82 Å². The molecule has 0 aliphatic carbocycles. The smallest absolute Gasteiger partial charge is 0.224 e. The third-order valence-electron chi connectivity index (χ3n) is 2.61. The SMILES string of the molecule is N=c1nc2c(Cl)cccc2c2n1CCN2. The van der Waals surface area contributed by atoms with Gasteiger partial charge >= 0.3 is 0 Å². The van der Waals surface area contributed by atoms with Gasteiger partial charge in [0.15, 0.2) is 0 Å². The van der Waals surface area contributed by atoms with Crippen molar-refractivity contribution in [2.24, 2.45) is 0 Å². The molecule has 0 fully saturated rings. The number of nitrogens with zero attached hydrogens (tertiary/aromatic N) is 2. The monoisotopic (exact) mass is 220 g/mol. The number of para-hydroxylation sites is 1. The molecule has 2 heterocycles. The Kier molecular flexibility index (Phi) is 1.73. The Labute approximate surface area is 91.0 Å². The summed E-state index contributed by atoms with van der Waals surface area (Å²) in [5, 5.41) is 12.6. The standard InChI is InChI=1S/C10H9ClN4/c11-7-3-1-2-6-8(7)14-10(12)15-5-4-13-9(6)15/h1-3,12-13H,4-5H2.